The molecule has 0 aliphatic heterocycles. The van der Waals surface area contributed by atoms with Crippen LogP contribution in [0, 0.1) is 10.1 Å². The summed E-state index contributed by atoms with van der Waals surface area (Å²) in [5, 5.41) is 15.9. The van der Waals surface area contributed by atoms with Crippen LogP contribution in [0.15, 0.2) is 59.3 Å². The van der Waals surface area contributed by atoms with Gasteiger partial charge in [-0.05, 0) is 30.7 Å². The van der Waals surface area contributed by atoms with Crippen molar-refractivity contribution in [2.75, 3.05) is 5.32 Å². The summed E-state index contributed by atoms with van der Waals surface area (Å²) in [5.41, 5.74) is 2.02. The van der Waals surface area contributed by atoms with Crippen molar-refractivity contribution in [1.82, 2.24) is 4.98 Å². The fourth-order valence-electron chi connectivity index (χ4n) is 2.60. The Morgan fingerprint density at radius 2 is 1.96 bits per heavy atom. The van der Waals surface area contributed by atoms with E-state index < -0.39 is 0 Å². The van der Waals surface area contributed by atoms with E-state index in [2.05, 4.69) is 33.2 Å². The number of non-ortho nitro benzene ring substituents is 1. The second-order valence-electron chi connectivity index (χ2n) is 5.20. The van der Waals surface area contributed by atoms with Gasteiger partial charge >= 0.3 is 0 Å². The molecule has 0 amide bonds. The topological polar surface area (TPSA) is 68.1 Å². The summed E-state index contributed by atoms with van der Waals surface area (Å²) < 4.78 is 1.02. The monoisotopic (exact) mass is 371 g/mol. The summed E-state index contributed by atoms with van der Waals surface area (Å²) in [5.74, 6) is 0. The number of benzene rings is 2. The third kappa shape index (κ3) is 3.03. The molecular formula is C17H14BrN3O2. The predicted octanol–water partition coefficient (Wildman–Crippen LogP) is 5.08. The minimum Gasteiger partial charge on any atom is -0.378 e. The van der Waals surface area contributed by atoms with Crippen LogP contribution in [0.25, 0.3) is 10.8 Å². The van der Waals surface area contributed by atoms with Crippen LogP contribution in [-0.4, -0.2) is 9.91 Å². The Bertz CT molecular complexity index is 883. The van der Waals surface area contributed by atoms with E-state index in [9.17, 15) is 10.1 Å². The molecule has 0 saturated carbocycles. The molecule has 3 aromatic rings. The van der Waals surface area contributed by atoms with Crippen LogP contribution in [0.2, 0.25) is 0 Å². The highest BCUT2D eigenvalue weighted by molar-refractivity contribution is 9.10. The van der Waals surface area contributed by atoms with Gasteiger partial charge in [-0.25, -0.2) is 0 Å². The minimum atomic E-state index is -0.384. The Morgan fingerprint density at radius 1 is 1.17 bits per heavy atom. The number of fused-ring (bicyclic) bond motifs is 1. The van der Waals surface area contributed by atoms with Gasteiger partial charge in [0.15, 0.2) is 0 Å². The third-order valence-electron chi connectivity index (χ3n) is 3.74. The zero-order chi connectivity index (χ0) is 16.4. The minimum absolute atomic E-state index is 0.0448. The molecule has 0 fully saturated rings. The Labute approximate surface area is 141 Å². The fourth-order valence-corrected chi connectivity index (χ4v) is 3.23. The molecule has 1 aromatic heterocycles. The first-order chi connectivity index (χ1) is 11.1. The number of halogens is 1. The van der Waals surface area contributed by atoms with Gasteiger partial charge in [-0.15, -0.1) is 0 Å². The van der Waals surface area contributed by atoms with Gasteiger partial charge in [0.2, 0.25) is 0 Å². The van der Waals surface area contributed by atoms with Crippen LogP contribution < -0.4 is 5.32 Å². The van der Waals surface area contributed by atoms with Gasteiger partial charge in [0, 0.05) is 40.0 Å². The van der Waals surface area contributed by atoms with Gasteiger partial charge in [0.25, 0.3) is 5.69 Å². The molecular weight excluding hydrogens is 358 g/mol. The zero-order valence-electron chi connectivity index (χ0n) is 12.4. The van der Waals surface area contributed by atoms with Gasteiger partial charge in [-0.1, -0.05) is 34.1 Å². The highest BCUT2D eigenvalue weighted by Crippen LogP contribution is 2.33. The molecule has 0 saturated heterocycles. The van der Waals surface area contributed by atoms with E-state index in [1.807, 2.05) is 24.3 Å². The number of nitro groups is 1. The van der Waals surface area contributed by atoms with Gasteiger partial charge < -0.3 is 5.32 Å². The van der Waals surface area contributed by atoms with Crippen LogP contribution in [0.4, 0.5) is 11.4 Å². The quantitative estimate of drug-likeness (QED) is 0.512. The van der Waals surface area contributed by atoms with E-state index in [1.54, 1.807) is 18.3 Å². The molecule has 1 heterocycles. The average molecular weight is 372 g/mol. The molecule has 116 valence electrons. The normalized spacial score (nSPS) is 12.1. The van der Waals surface area contributed by atoms with Crippen molar-refractivity contribution in [3.05, 3.63) is 75.0 Å². The molecule has 6 heteroatoms. The van der Waals surface area contributed by atoms with Crippen molar-refractivity contribution >= 4 is 38.1 Å². The second-order valence-corrected chi connectivity index (χ2v) is 6.05. The zero-order valence-corrected chi connectivity index (χ0v) is 13.9. The number of hydrogen-bond donors (Lipinski definition) is 1. The maximum Gasteiger partial charge on any atom is 0.278 e. The molecule has 0 aliphatic rings. The number of aromatic nitrogens is 1. The standard InChI is InChI=1S/C17H14BrN3O2/c1-11(12-4-2-3-5-15(12)18)20-16-6-7-17(21(22)23)14-10-19-9-8-13(14)16/h2-11,20H,1H3. The number of nitrogens with zero attached hydrogens (tertiary/aromatic N) is 2. The summed E-state index contributed by atoms with van der Waals surface area (Å²) in [6.45, 7) is 2.05. The Kier molecular flexibility index (Phi) is 4.25. The highest BCUT2D eigenvalue weighted by atomic mass is 79.9. The number of nitrogens with one attached hydrogen (secondary N) is 1. The van der Waals surface area contributed by atoms with Crippen LogP contribution in [-0.2, 0) is 0 Å². The molecule has 1 atom stereocenters. The van der Waals surface area contributed by atoms with Crippen molar-refractivity contribution in [1.29, 1.82) is 0 Å². The number of hydrogen-bond acceptors (Lipinski definition) is 4. The number of rotatable bonds is 4. The summed E-state index contributed by atoms with van der Waals surface area (Å²) in [6.07, 6.45) is 3.17. The van der Waals surface area contributed by atoms with E-state index in [-0.39, 0.29) is 16.7 Å². The molecule has 23 heavy (non-hydrogen) atoms. The Balaban J connectivity index is 2.03. The predicted molar refractivity (Wildman–Crippen MR) is 94.6 cm³/mol. The van der Waals surface area contributed by atoms with Crippen molar-refractivity contribution in [3.63, 3.8) is 0 Å². The van der Waals surface area contributed by atoms with Crippen molar-refractivity contribution in [2.45, 2.75) is 13.0 Å². The second kappa shape index (κ2) is 6.34. The first-order valence-corrected chi connectivity index (χ1v) is 7.89. The van der Waals surface area contributed by atoms with E-state index in [0.29, 0.717) is 5.39 Å². The fraction of sp³-hybridized carbons (Fsp3) is 0.118. The number of nitro benzene ring substituents is 1. The molecule has 1 N–H and O–H groups in total. The lowest BCUT2D eigenvalue weighted by molar-refractivity contribution is -0.383. The smallest absolute Gasteiger partial charge is 0.278 e. The van der Waals surface area contributed by atoms with Crippen LogP contribution >= 0.6 is 15.9 Å². The third-order valence-corrected chi connectivity index (χ3v) is 4.46. The summed E-state index contributed by atoms with van der Waals surface area (Å²) >= 11 is 3.55. The number of pyridine rings is 1. The van der Waals surface area contributed by atoms with Crippen LogP contribution in [0.3, 0.4) is 0 Å². The molecule has 0 radical (unpaired) electrons. The van der Waals surface area contributed by atoms with E-state index in [1.165, 1.54) is 12.3 Å². The maximum absolute atomic E-state index is 11.2. The van der Waals surface area contributed by atoms with Crippen LogP contribution in [0.1, 0.15) is 18.5 Å². The van der Waals surface area contributed by atoms with E-state index >= 15 is 0 Å². The molecule has 5 nitrogen and oxygen atoms in total. The van der Waals surface area contributed by atoms with E-state index in [0.717, 1.165) is 21.1 Å². The molecule has 0 spiro atoms. The average Bonchev–Trinajstić information content (AvgIpc) is 2.55. The maximum atomic E-state index is 11.2. The van der Waals surface area contributed by atoms with Crippen molar-refractivity contribution in [3.8, 4) is 0 Å². The first-order valence-electron chi connectivity index (χ1n) is 7.10. The lowest BCUT2D eigenvalue weighted by Crippen LogP contribution is -2.08. The molecule has 3 rings (SSSR count). The Morgan fingerprint density at radius 3 is 2.70 bits per heavy atom. The van der Waals surface area contributed by atoms with Crippen molar-refractivity contribution < 1.29 is 4.92 Å². The largest absolute Gasteiger partial charge is 0.378 e. The van der Waals surface area contributed by atoms with Gasteiger partial charge in [0.05, 0.1) is 10.3 Å². The molecule has 0 bridgehead atoms. The summed E-state index contributed by atoms with van der Waals surface area (Å²) in [6, 6.07) is 13.1. The molecule has 1 unspecified atom stereocenters. The SMILES string of the molecule is CC(Nc1ccc([N+](=O)[O-])c2cnccc12)c1ccccc1Br. The highest BCUT2D eigenvalue weighted by Gasteiger charge is 2.16. The molecule has 0 aliphatic carbocycles. The lowest BCUT2D eigenvalue weighted by Gasteiger charge is -2.18. The Hall–Kier alpha value is -2.47. The first kappa shape index (κ1) is 15.4. The van der Waals surface area contributed by atoms with Crippen LogP contribution in [0.5, 0.6) is 0 Å². The lowest BCUT2D eigenvalue weighted by atomic mass is 10.1. The summed E-state index contributed by atoms with van der Waals surface area (Å²) in [7, 11) is 0. The summed E-state index contributed by atoms with van der Waals surface area (Å²) in [4.78, 5) is 14.8. The molecule has 2 aromatic carbocycles. The van der Waals surface area contributed by atoms with Gasteiger partial charge in [-0.2, -0.15) is 0 Å². The van der Waals surface area contributed by atoms with Crippen molar-refractivity contribution in [2.24, 2.45) is 0 Å². The van der Waals surface area contributed by atoms with E-state index in [4.69, 9.17) is 0 Å². The van der Waals surface area contributed by atoms with Gasteiger partial charge in [0.1, 0.15) is 0 Å². The number of anilines is 1. The van der Waals surface area contributed by atoms with Gasteiger partial charge in [-0.3, -0.25) is 15.1 Å².